The van der Waals surface area contributed by atoms with Gasteiger partial charge in [-0.3, -0.25) is 9.59 Å². The molecule has 262 valence electrons. The minimum absolute atomic E-state index is 0.0114. The van der Waals surface area contributed by atoms with Crippen molar-refractivity contribution in [2.45, 2.75) is 77.4 Å². The standard InChI is InChI=1S/C37H41N5O8/c1-4-24-25-16-23(43)13-14-29(25)41-32-26(24)18-42-31(32)17-28-27(34(42)45)20-48-35(46)37(28,5-2)50-36(47)49-19-21-9-11-22(12-10-21)40-33(44)30(39-3)8-6-7-15-38/h9-14,16-17,30,39,43H,4-8,15,18-20,38H2,1-3H3,(H,40,44)/t30?,37-/m0/s1. The smallest absolute Gasteiger partial charge is 0.508 e. The Hall–Kier alpha value is -5.27. The predicted molar refractivity (Wildman–Crippen MR) is 185 cm³/mol. The Morgan fingerprint density at radius 3 is 2.58 bits per heavy atom. The molecule has 1 amide bonds. The molecule has 2 aliphatic heterocycles. The first kappa shape index (κ1) is 34.6. The number of fused-ring (bicyclic) bond motifs is 5. The largest absolute Gasteiger partial charge is 0.510 e. The second-order valence-corrected chi connectivity index (χ2v) is 12.5. The summed E-state index contributed by atoms with van der Waals surface area (Å²) in [6.45, 7) is 4.08. The zero-order valence-electron chi connectivity index (χ0n) is 28.3. The molecule has 2 aromatic carbocycles. The maximum absolute atomic E-state index is 13.9. The molecule has 0 aliphatic carbocycles. The normalized spacial score (nSPS) is 16.6. The van der Waals surface area contributed by atoms with Crippen LogP contribution in [0.2, 0.25) is 0 Å². The van der Waals surface area contributed by atoms with Crippen LogP contribution in [0.25, 0.3) is 22.3 Å². The molecular formula is C37H41N5O8. The van der Waals surface area contributed by atoms with Crippen LogP contribution in [0.1, 0.15) is 67.3 Å². The molecule has 0 radical (unpaired) electrons. The van der Waals surface area contributed by atoms with E-state index in [9.17, 15) is 24.3 Å². The molecule has 0 bridgehead atoms. The number of aromatic nitrogens is 2. The third-order valence-electron chi connectivity index (χ3n) is 9.56. The lowest BCUT2D eigenvalue weighted by Gasteiger charge is -2.35. The monoisotopic (exact) mass is 683 g/mol. The highest BCUT2D eigenvalue weighted by Crippen LogP contribution is 2.42. The molecule has 1 unspecified atom stereocenters. The lowest BCUT2D eigenvalue weighted by atomic mass is 9.85. The van der Waals surface area contributed by atoms with Crippen LogP contribution in [0.5, 0.6) is 5.75 Å². The number of esters is 1. The molecule has 13 heteroatoms. The van der Waals surface area contributed by atoms with E-state index in [4.69, 9.17) is 24.9 Å². The fourth-order valence-corrected chi connectivity index (χ4v) is 6.84. The van der Waals surface area contributed by atoms with Crippen molar-refractivity contribution in [3.8, 4) is 17.1 Å². The average molecular weight is 684 g/mol. The van der Waals surface area contributed by atoms with Crippen LogP contribution in [0, 0.1) is 0 Å². The van der Waals surface area contributed by atoms with Crippen LogP contribution in [0.4, 0.5) is 10.5 Å². The Balaban J connectivity index is 1.21. The summed E-state index contributed by atoms with van der Waals surface area (Å²) in [5.74, 6) is -0.838. The number of ether oxygens (including phenoxy) is 3. The topological polar surface area (TPSA) is 184 Å². The van der Waals surface area contributed by atoms with Crippen LogP contribution in [-0.4, -0.2) is 52.3 Å². The number of benzene rings is 2. The number of nitrogens with one attached hydrogen (secondary N) is 2. The van der Waals surface area contributed by atoms with E-state index in [0.717, 1.165) is 29.4 Å². The summed E-state index contributed by atoms with van der Waals surface area (Å²) in [6.07, 6.45) is 1.86. The molecule has 13 nitrogen and oxygen atoms in total. The second kappa shape index (κ2) is 14.3. The molecule has 2 aromatic heterocycles. The van der Waals surface area contributed by atoms with E-state index in [-0.39, 0.29) is 60.6 Å². The number of cyclic esters (lactones) is 1. The number of aromatic hydroxyl groups is 1. The van der Waals surface area contributed by atoms with Gasteiger partial charge in [0.2, 0.25) is 11.5 Å². The molecule has 2 aliphatic rings. The SMILES string of the molecule is CCc1c2c(nc3ccc(O)cc13)-c1cc3c(c(=O)n1C2)COC(=O)[C@@]3(CC)OC(=O)OCc1ccc(NC(=O)C(CCCCN)NC)cc1. The van der Waals surface area contributed by atoms with Crippen molar-refractivity contribution in [3.05, 3.63) is 86.7 Å². The van der Waals surface area contributed by atoms with Gasteiger partial charge < -0.3 is 40.3 Å². The highest BCUT2D eigenvalue weighted by molar-refractivity contribution is 5.95. The first-order valence-corrected chi connectivity index (χ1v) is 16.9. The minimum Gasteiger partial charge on any atom is -0.508 e. The lowest BCUT2D eigenvalue weighted by molar-refractivity contribution is -0.175. The number of rotatable bonds is 12. The average Bonchev–Trinajstić information content (AvgIpc) is 3.48. The van der Waals surface area contributed by atoms with Crippen LogP contribution in [-0.2, 0) is 55.6 Å². The van der Waals surface area contributed by atoms with Crippen molar-refractivity contribution in [3.63, 3.8) is 0 Å². The summed E-state index contributed by atoms with van der Waals surface area (Å²) in [5.41, 5.74) is 8.52. The van der Waals surface area contributed by atoms with Gasteiger partial charge in [0.05, 0.1) is 35.1 Å². The molecule has 50 heavy (non-hydrogen) atoms. The van der Waals surface area contributed by atoms with Gasteiger partial charge in [-0.2, -0.15) is 0 Å². The molecule has 5 N–H and O–H groups in total. The first-order valence-electron chi connectivity index (χ1n) is 16.9. The molecule has 4 heterocycles. The van der Waals surface area contributed by atoms with Gasteiger partial charge >= 0.3 is 12.1 Å². The minimum atomic E-state index is -1.92. The number of pyridine rings is 2. The third-order valence-corrected chi connectivity index (χ3v) is 9.56. The molecule has 0 saturated carbocycles. The number of carbonyl (C=O) groups excluding carboxylic acids is 3. The Bertz CT molecular complexity index is 2030. The Morgan fingerprint density at radius 1 is 1.10 bits per heavy atom. The molecule has 2 atom stereocenters. The van der Waals surface area contributed by atoms with Gasteiger partial charge in [0.25, 0.3) is 5.56 Å². The van der Waals surface area contributed by atoms with Crippen molar-refractivity contribution in [1.82, 2.24) is 14.9 Å². The van der Waals surface area contributed by atoms with E-state index in [1.165, 1.54) is 0 Å². The molecule has 0 spiro atoms. The predicted octanol–water partition coefficient (Wildman–Crippen LogP) is 4.36. The third kappa shape index (κ3) is 6.29. The molecule has 0 fully saturated rings. The van der Waals surface area contributed by atoms with Crippen LogP contribution >= 0.6 is 0 Å². The number of anilines is 1. The van der Waals surface area contributed by atoms with E-state index in [1.54, 1.807) is 67.1 Å². The van der Waals surface area contributed by atoms with Gasteiger partial charge in [0.15, 0.2) is 0 Å². The summed E-state index contributed by atoms with van der Waals surface area (Å²) >= 11 is 0. The summed E-state index contributed by atoms with van der Waals surface area (Å²) < 4.78 is 18.2. The van der Waals surface area contributed by atoms with Crippen molar-refractivity contribution in [2.75, 3.05) is 18.9 Å². The van der Waals surface area contributed by atoms with Gasteiger partial charge in [-0.05, 0) is 86.8 Å². The van der Waals surface area contributed by atoms with Crippen LogP contribution in [0.15, 0.2) is 53.3 Å². The number of phenols is 1. The van der Waals surface area contributed by atoms with E-state index < -0.39 is 17.7 Å². The summed E-state index contributed by atoms with van der Waals surface area (Å²) in [4.78, 5) is 58.0. The van der Waals surface area contributed by atoms with Crippen molar-refractivity contribution in [2.24, 2.45) is 5.73 Å². The number of unbranched alkanes of at least 4 members (excludes halogenated alkanes) is 1. The second-order valence-electron chi connectivity index (χ2n) is 12.5. The number of hydrogen-bond donors (Lipinski definition) is 4. The van der Waals surface area contributed by atoms with Gasteiger partial charge in [-0.1, -0.05) is 32.4 Å². The fourth-order valence-electron chi connectivity index (χ4n) is 6.84. The zero-order chi connectivity index (χ0) is 35.6. The van der Waals surface area contributed by atoms with Gasteiger partial charge in [0, 0.05) is 22.2 Å². The maximum Gasteiger partial charge on any atom is 0.510 e. The molecule has 4 aromatic rings. The highest BCUT2D eigenvalue weighted by Gasteiger charge is 2.51. The van der Waals surface area contributed by atoms with Gasteiger partial charge in [-0.25, -0.2) is 14.6 Å². The highest BCUT2D eigenvalue weighted by atomic mass is 16.7. The van der Waals surface area contributed by atoms with E-state index in [2.05, 4.69) is 10.6 Å². The number of amides is 1. The van der Waals surface area contributed by atoms with Crippen molar-refractivity contribution in [1.29, 1.82) is 0 Å². The lowest BCUT2D eigenvalue weighted by Crippen LogP contribution is -2.47. The number of aryl methyl sites for hydroxylation is 1. The molecular weight excluding hydrogens is 642 g/mol. The quantitative estimate of drug-likeness (QED) is 0.108. The number of hydrogen-bond acceptors (Lipinski definition) is 11. The zero-order valence-corrected chi connectivity index (χ0v) is 28.3. The Morgan fingerprint density at radius 2 is 1.88 bits per heavy atom. The number of phenolic OH excluding ortho intramolecular Hbond substituents is 1. The van der Waals surface area contributed by atoms with Crippen molar-refractivity contribution >= 4 is 34.6 Å². The summed E-state index contributed by atoms with van der Waals surface area (Å²) in [6, 6.07) is 13.1. The summed E-state index contributed by atoms with van der Waals surface area (Å²) in [5, 5.41) is 16.8. The van der Waals surface area contributed by atoms with E-state index >= 15 is 0 Å². The maximum atomic E-state index is 13.9. The first-order chi connectivity index (χ1) is 24.1. The molecule has 6 rings (SSSR count). The van der Waals surface area contributed by atoms with E-state index in [0.29, 0.717) is 47.5 Å². The number of carbonyl (C=O) groups is 3. The Kier molecular flexibility index (Phi) is 9.89. The van der Waals surface area contributed by atoms with Gasteiger partial charge in [-0.15, -0.1) is 0 Å². The number of nitrogens with zero attached hydrogens (tertiary/aromatic N) is 2. The van der Waals surface area contributed by atoms with Crippen LogP contribution in [0.3, 0.4) is 0 Å². The van der Waals surface area contributed by atoms with E-state index in [1.807, 2.05) is 6.92 Å². The van der Waals surface area contributed by atoms with Gasteiger partial charge in [0.1, 0.15) is 19.0 Å². The fraction of sp³-hybridized carbons (Fsp3) is 0.378. The molecule has 0 saturated heterocycles. The van der Waals surface area contributed by atoms with Crippen LogP contribution < -0.4 is 21.9 Å². The number of likely N-dealkylation sites (N-methyl/N-ethyl adjacent to an activating group) is 1. The summed E-state index contributed by atoms with van der Waals surface area (Å²) in [7, 11) is 1.74. The Labute approximate surface area is 288 Å². The van der Waals surface area contributed by atoms with Crippen molar-refractivity contribution < 1.29 is 33.7 Å². The number of nitrogens with two attached hydrogens (primary N) is 1.